The highest BCUT2D eigenvalue weighted by Crippen LogP contribution is 2.17. The van der Waals surface area contributed by atoms with Crippen LogP contribution in [0.2, 0.25) is 0 Å². The minimum atomic E-state index is -3.44. The van der Waals surface area contributed by atoms with Gasteiger partial charge in [-0.25, -0.2) is 8.42 Å². The largest absolute Gasteiger partial charge is 0.356 e. The van der Waals surface area contributed by atoms with Crippen molar-refractivity contribution in [1.29, 1.82) is 0 Å². The first kappa shape index (κ1) is 26.1. The Balaban J connectivity index is 0.00000676. The zero-order chi connectivity index (χ0) is 19.7. The first-order valence-corrected chi connectivity index (χ1v) is 10.6. The van der Waals surface area contributed by atoms with E-state index in [1.54, 1.807) is 26.2 Å². The van der Waals surface area contributed by atoms with Crippen molar-refractivity contribution in [2.45, 2.75) is 58.0 Å². The normalized spacial score (nSPS) is 12.4. The molecule has 0 saturated carbocycles. The van der Waals surface area contributed by atoms with E-state index in [0.717, 1.165) is 24.5 Å². The maximum atomic E-state index is 12.5. The lowest BCUT2D eigenvalue weighted by atomic mass is 10.1. The molecule has 0 heterocycles. The first-order valence-electron chi connectivity index (χ1n) is 9.20. The molecule has 0 spiro atoms. The molecule has 0 aliphatic carbocycles. The van der Waals surface area contributed by atoms with Crippen LogP contribution in [0.25, 0.3) is 0 Å². The monoisotopic (exact) mass is 510 g/mol. The van der Waals surface area contributed by atoms with E-state index in [9.17, 15) is 8.42 Å². The van der Waals surface area contributed by atoms with Crippen LogP contribution in [0.5, 0.6) is 0 Å². The number of rotatable bonds is 9. The van der Waals surface area contributed by atoms with Gasteiger partial charge in [0.05, 0.1) is 4.90 Å². The number of aliphatic imine (C=N–C) groups is 1. The highest BCUT2D eigenvalue weighted by molar-refractivity contribution is 14.0. The average molecular weight is 510 g/mol. The Labute approximate surface area is 182 Å². The van der Waals surface area contributed by atoms with E-state index in [0.29, 0.717) is 17.4 Å². The summed E-state index contributed by atoms with van der Waals surface area (Å²) in [7, 11) is -0.0893. The molecule has 0 amide bonds. The van der Waals surface area contributed by atoms with E-state index in [-0.39, 0.29) is 30.0 Å². The molecule has 156 valence electrons. The Kier molecular flexibility index (Phi) is 12.2. The molecular weight excluding hydrogens is 475 g/mol. The minimum Gasteiger partial charge on any atom is -0.356 e. The number of nitrogens with zero attached hydrogens (tertiary/aromatic N) is 2. The second-order valence-electron chi connectivity index (χ2n) is 7.15. The Morgan fingerprint density at radius 2 is 1.70 bits per heavy atom. The molecule has 0 aliphatic heterocycles. The van der Waals surface area contributed by atoms with Gasteiger partial charge < -0.3 is 10.6 Å². The zero-order valence-corrected chi connectivity index (χ0v) is 20.5. The molecule has 0 unspecified atom stereocenters. The summed E-state index contributed by atoms with van der Waals surface area (Å²) in [6.45, 7) is 9.62. The van der Waals surface area contributed by atoms with Gasteiger partial charge in [0, 0.05) is 33.2 Å². The second-order valence-corrected chi connectivity index (χ2v) is 9.15. The van der Waals surface area contributed by atoms with Crippen molar-refractivity contribution >= 4 is 40.0 Å². The molecule has 0 aliphatic rings. The summed E-state index contributed by atoms with van der Waals surface area (Å²) < 4.78 is 26.3. The van der Waals surface area contributed by atoms with E-state index < -0.39 is 10.0 Å². The summed E-state index contributed by atoms with van der Waals surface area (Å²) in [5.41, 5.74) is 1.00. The van der Waals surface area contributed by atoms with Crippen molar-refractivity contribution < 1.29 is 8.42 Å². The maximum Gasteiger partial charge on any atom is 0.243 e. The van der Waals surface area contributed by atoms with Gasteiger partial charge in [-0.05, 0) is 50.3 Å². The molecule has 1 rings (SSSR count). The smallest absolute Gasteiger partial charge is 0.243 e. The van der Waals surface area contributed by atoms with E-state index in [4.69, 9.17) is 0 Å². The van der Waals surface area contributed by atoms with Crippen LogP contribution in [0, 0.1) is 5.92 Å². The molecule has 8 heteroatoms. The predicted molar refractivity (Wildman–Crippen MR) is 124 cm³/mol. The highest BCUT2D eigenvalue weighted by Gasteiger charge is 2.22. The van der Waals surface area contributed by atoms with Gasteiger partial charge in [-0.2, -0.15) is 4.31 Å². The van der Waals surface area contributed by atoms with Crippen molar-refractivity contribution in [3.63, 3.8) is 0 Å². The van der Waals surface area contributed by atoms with Crippen LogP contribution >= 0.6 is 24.0 Å². The van der Waals surface area contributed by atoms with Gasteiger partial charge in [0.1, 0.15) is 0 Å². The van der Waals surface area contributed by atoms with Crippen LogP contribution in [0.15, 0.2) is 34.2 Å². The molecule has 0 atom stereocenters. The molecule has 1 aromatic rings. The van der Waals surface area contributed by atoms with Crippen LogP contribution in [0.1, 0.15) is 46.1 Å². The third-order valence-electron chi connectivity index (χ3n) is 4.26. The number of guanidine groups is 1. The lowest BCUT2D eigenvalue weighted by molar-refractivity contribution is 0.410. The number of benzene rings is 1. The summed E-state index contributed by atoms with van der Waals surface area (Å²) in [5, 5.41) is 6.55. The Hall–Kier alpha value is -0.870. The summed E-state index contributed by atoms with van der Waals surface area (Å²) in [4.78, 5) is 4.52. The molecule has 27 heavy (non-hydrogen) atoms. The molecule has 0 saturated heterocycles. The van der Waals surface area contributed by atoms with Crippen molar-refractivity contribution in [3.8, 4) is 0 Å². The fourth-order valence-corrected chi connectivity index (χ4v) is 3.71. The van der Waals surface area contributed by atoms with E-state index in [1.165, 1.54) is 10.7 Å². The lowest BCUT2D eigenvalue weighted by Crippen LogP contribution is -2.37. The van der Waals surface area contributed by atoms with Gasteiger partial charge in [0.15, 0.2) is 5.96 Å². The zero-order valence-electron chi connectivity index (χ0n) is 17.3. The van der Waals surface area contributed by atoms with Gasteiger partial charge in [-0.15, -0.1) is 24.0 Å². The van der Waals surface area contributed by atoms with Crippen LogP contribution < -0.4 is 10.6 Å². The molecule has 2 N–H and O–H groups in total. The number of sulfonamides is 1. The topological polar surface area (TPSA) is 73.8 Å². The number of hydrogen-bond donors (Lipinski definition) is 2. The maximum absolute atomic E-state index is 12.5. The number of nitrogens with one attached hydrogen (secondary N) is 2. The van der Waals surface area contributed by atoms with E-state index in [1.807, 2.05) is 26.0 Å². The van der Waals surface area contributed by atoms with Crippen molar-refractivity contribution in [3.05, 3.63) is 29.8 Å². The van der Waals surface area contributed by atoms with Crippen LogP contribution in [0.4, 0.5) is 0 Å². The number of hydrogen-bond acceptors (Lipinski definition) is 3. The Morgan fingerprint density at radius 3 is 2.19 bits per heavy atom. The quantitative estimate of drug-likeness (QED) is 0.231. The Morgan fingerprint density at radius 1 is 1.11 bits per heavy atom. The average Bonchev–Trinajstić information content (AvgIpc) is 2.60. The number of halogens is 1. The van der Waals surface area contributed by atoms with Gasteiger partial charge >= 0.3 is 0 Å². The summed E-state index contributed by atoms with van der Waals surface area (Å²) >= 11 is 0. The molecule has 0 radical (unpaired) electrons. The highest BCUT2D eigenvalue weighted by atomic mass is 127. The molecule has 0 fully saturated rings. The lowest BCUT2D eigenvalue weighted by Gasteiger charge is -2.21. The van der Waals surface area contributed by atoms with Crippen LogP contribution in [-0.2, 0) is 16.6 Å². The fraction of sp³-hybridized carbons (Fsp3) is 0.632. The van der Waals surface area contributed by atoms with Gasteiger partial charge in [-0.3, -0.25) is 4.99 Å². The van der Waals surface area contributed by atoms with Gasteiger partial charge in [0.2, 0.25) is 10.0 Å². The van der Waals surface area contributed by atoms with E-state index >= 15 is 0 Å². The van der Waals surface area contributed by atoms with Gasteiger partial charge in [-0.1, -0.05) is 26.0 Å². The first-order chi connectivity index (χ1) is 12.2. The van der Waals surface area contributed by atoms with Crippen molar-refractivity contribution in [2.24, 2.45) is 10.9 Å². The van der Waals surface area contributed by atoms with Crippen molar-refractivity contribution in [2.75, 3.05) is 20.6 Å². The molecule has 6 nitrogen and oxygen atoms in total. The Bertz CT molecular complexity index is 673. The van der Waals surface area contributed by atoms with Crippen LogP contribution in [-0.4, -0.2) is 45.4 Å². The SMILES string of the molecule is CN=C(NCCCC(C)C)NCc1ccc(S(=O)(=O)N(C)C(C)C)cc1.I. The summed E-state index contributed by atoms with van der Waals surface area (Å²) in [6.07, 6.45) is 2.29. The minimum absolute atomic E-state index is 0. The van der Waals surface area contributed by atoms with E-state index in [2.05, 4.69) is 29.5 Å². The van der Waals surface area contributed by atoms with Crippen LogP contribution in [0.3, 0.4) is 0 Å². The predicted octanol–water partition coefficient (Wildman–Crippen LogP) is 3.43. The fourth-order valence-electron chi connectivity index (χ4n) is 2.35. The summed E-state index contributed by atoms with van der Waals surface area (Å²) in [6, 6.07) is 6.90. The van der Waals surface area contributed by atoms with Crippen molar-refractivity contribution in [1.82, 2.24) is 14.9 Å². The molecule has 0 aromatic heterocycles. The van der Waals surface area contributed by atoms with Gasteiger partial charge in [0.25, 0.3) is 0 Å². The second kappa shape index (κ2) is 12.6. The standard InChI is InChI=1S/C19H34N4O2S.HI/c1-15(2)8-7-13-21-19(20-5)22-14-17-9-11-18(12-10-17)26(24,25)23(6)16(3)4;/h9-12,15-16H,7-8,13-14H2,1-6H3,(H2,20,21,22);1H. The summed E-state index contributed by atoms with van der Waals surface area (Å²) in [5.74, 6) is 1.46. The third kappa shape index (κ3) is 8.78. The molecular formula is C19H35IN4O2S. The molecule has 0 bridgehead atoms. The molecule has 1 aromatic carbocycles. The third-order valence-corrected chi connectivity index (χ3v) is 6.31.